The van der Waals surface area contributed by atoms with Crippen molar-refractivity contribution in [3.05, 3.63) is 59.7 Å². The highest BCUT2D eigenvalue weighted by Gasteiger charge is 2.12. The molecule has 0 bridgehead atoms. The summed E-state index contributed by atoms with van der Waals surface area (Å²) in [6, 6.07) is 11.8. The first kappa shape index (κ1) is 22.5. The number of terminal acetylenes is 1. The van der Waals surface area contributed by atoms with E-state index in [0.29, 0.717) is 23.8 Å². The fourth-order valence-corrected chi connectivity index (χ4v) is 2.60. The summed E-state index contributed by atoms with van der Waals surface area (Å²) in [6.07, 6.45) is 10.7. The van der Waals surface area contributed by atoms with Crippen LogP contribution in [0.1, 0.15) is 35.2 Å². The summed E-state index contributed by atoms with van der Waals surface area (Å²) < 4.78 is 11.1. The van der Waals surface area contributed by atoms with Crippen LogP contribution in [0.2, 0.25) is 0 Å². The first-order chi connectivity index (χ1) is 14.6. The molecule has 0 aliphatic heterocycles. The first-order valence-electron chi connectivity index (χ1n) is 9.32. The van der Waals surface area contributed by atoms with Crippen molar-refractivity contribution in [1.82, 2.24) is 0 Å². The normalized spacial score (nSPS) is 10.3. The highest BCUT2D eigenvalue weighted by molar-refractivity contribution is 6.06. The molecule has 0 atom stereocenters. The average molecular weight is 408 g/mol. The predicted octanol–water partition coefficient (Wildman–Crippen LogP) is 3.56. The van der Waals surface area contributed by atoms with E-state index in [1.807, 2.05) is 6.07 Å². The molecule has 30 heavy (non-hydrogen) atoms. The minimum atomic E-state index is -0.741. The molecule has 0 aliphatic carbocycles. The second-order valence-electron chi connectivity index (χ2n) is 6.19. The predicted molar refractivity (Wildman–Crippen MR) is 115 cm³/mol. The lowest BCUT2D eigenvalue weighted by Crippen LogP contribution is -2.15. The van der Waals surface area contributed by atoms with Gasteiger partial charge in [-0.2, -0.15) is 5.90 Å². The Balaban J connectivity index is 2.01. The van der Waals surface area contributed by atoms with E-state index in [1.54, 1.807) is 43.5 Å². The summed E-state index contributed by atoms with van der Waals surface area (Å²) in [5, 5.41) is 2.63. The van der Waals surface area contributed by atoms with E-state index >= 15 is 0 Å². The van der Waals surface area contributed by atoms with Crippen LogP contribution in [0.3, 0.4) is 0 Å². The monoisotopic (exact) mass is 408 g/mol. The van der Waals surface area contributed by atoms with E-state index in [-0.39, 0.29) is 5.56 Å². The minimum absolute atomic E-state index is 0.159. The molecule has 0 radical (unpaired) electrons. The van der Waals surface area contributed by atoms with Crippen molar-refractivity contribution in [2.75, 3.05) is 19.0 Å². The smallest absolute Gasteiger partial charge is 0.358 e. The number of amides is 1. The van der Waals surface area contributed by atoms with Crippen molar-refractivity contribution >= 4 is 23.6 Å². The van der Waals surface area contributed by atoms with Crippen molar-refractivity contribution < 1.29 is 23.9 Å². The SMILES string of the molecule is C#CCCCCOc1ccc(/C=C/C(=O)Nc2ccccc2C(=O)ON)cc1OC. The number of hydrogen-bond acceptors (Lipinski definition) is 6. The molecule has 0 unspecified atom stereocenters. The molecular formula is C23H24N2O5. The first-order valence-corrected chi connectivity index (χ1v) is 9.32. The third-order valence-corrected chi connectivity index (χ3v) is 4.10. The lowest BCUT2D eigenvalue weighted by molar-refractivity contribution is -0.111. The van der Waals surface area contributed by atoms with Crippen molar-refractivity contribution in [3.63, 3.8) is 0 Å². The number of hydrogen-bond donors (Lipinski definition) is 2. The number of methoxy groups -OCH3 is 1. The van der Waals surface area contributed by atoms with Gasteiger partial charge in [0.15, 0.2) is 11.5 Å². The molecule has 3 N–H and O–H groups in total. The Morgan fingerprint density at radius 3 is 2.70 bits per heavy atom. The lowest BCUT2D eigenvalue weighted by Gasteiger charge is -2.11. The molecule has 0 aromatic heterocycles. The number of carbonyl (C=O) groups is 2. The van der Waals surface area contributed by atoms with Crippen LogP contribution in [0.15, 0.2) is 48.5 Å². The largest absolute Gasteiger partial charge is 0.493 e. The molecule has 1 amide bonds. The molecule has 2 aromatic carbocycles. The van der Waals surface area contributed by atoms with Gasteiger partial charge in [-0.15, -0.1) is 12.3 Å². The number of carbonyl (C=O) groups excluding carboxylic acids is 2. The highest BCUT2D eigenvalue weighted by atomic mass is 16.7. The van der Waals surface area contributed by atoms with Gasteiger partial charge in [0, 0.05) is 12.5 Å². The molecule has 0 spiro atoms. The van der Waals surface area contributed by atoms with E-state index in [4.69, 9.17) is 21.8 Å². The Kier molecular flexibility index (Phi) is 8.97. The Labute approximate surface area is 175 Å². The van der Waals surface area contributed by atoms with Crippen LogP contribution >= 0.6 is 0 Å². The molecule has 0 heterocycles. The molecule has 0 aliphatic rings. The molecule has 7 heteroatoms. The van der Waals surface area contributed by atoms with E-state index in [2.05, 4.69) is 16.1 Å². The lowest BCUT2D eigenvalue weighted by atomic mass is 10.1. The minimum Gasteiger partial charge on any atom is -0.493 e. The third kappa shape index (κ3) is 6.69. The van der Waals surface area contributed by atoms with E-state index < -0.39 is 11.9 Å². The molecule has 156 valence electrons. The second-order valence-corrected chi connectivity index (χ2v) is 6.19. The molecule has 0 saturated heterocycles. The van der Waals surface area contributed by atoms with Crippen LogP contribution in [0.25, 0.3) is 6.08 Å². The zero-order chi connectivity index (χ0) is 21.8. The van der Waals surface area contributed by atoms with Gasteiger partial charge in [-0.3, -0.25) is 4.79 Å². The maximum absolute atomic E-state index is 12.2. The fraction of sp³-hybridized carbons (Fsp3) is 0.217. The highest BCUT2D eigenvalue weighted by Crippen LogP contribution is 2.29. The molecule has 2 aromatic rings. The van der Waals surface area contributed by atoms with Crippen LogP contribution in [0.4, 0.5) is 5.69 Å². The van der Waals surface area contributed by atoms with Gasteiger partial charge in [-0.25, -0.2) is 4.79 Å². The Bertz CT molecular complexity index is 947. The quantitative estimate of drug-likeness (QED) is 0.270. The summed E-state index contributed by atoms with van der Waals surface area (Å²) in [5.74, 6) is 7.54. The van der Waals surface area contributed by atoms with Gasteiger partial charge >= 0.3 is 5.97 Å². The summed E-state index contributed by atoms with van der Waals surface area (Å²) in [6.45, 7) is 0.542. The number of nitrogens with two attached hydrogens (primary N) is 1. The standard InChI is InChI=1S/C23H24N2O5/c1-3-4-5-8-15-29-20-13-11-17(16-21(20)28-2)12-14-22(26)25-19-10-7-6-9-18(19)23(27)30-24/h1,6-7,9-14,16H,4-5,8,15,24H2,2H3,(H,25,26)/b14-12+. The Morgan fingerprint density at radius 1 is 1.17 bits per heavy atom. The maximum Gasteiger partial charge on any atom is 0.358 e. The van der Waals surface area contributed by atoms with Crippen LogP contribution in [-0.4, -0.2) is 25.6 Å². The maximum atomic E-state index is 12.2. The van der Waals surface area contributed by atoms with Crippen molar-refractivity contribution in [2.24, 2.45) is 5.90 Å². The number of rotatable bonds is 10. The van der Waals surface area contributed by atoms with E-state index in [9.17, 15) is 9.59 Å². The van der Waals surface area contributed by atoms with Crippen molar-refractivity contribution in [1.29, 1.82) is 0 Å². The average Bonchev–Trinajstić information content (AvgIpc) is 2.77. The number of anilines is 1. The number of benzene rings is 2. The van der Waals surface area contributed by atoms with Crippen LogP contribution in [-0.2, 0) is 9.63 Å². The van der Waals surface area contributed by atoms with Gasteiger partial charge in [-0.05, 0) is 48.7 Å². The van der Waals surface area contributed by atoms with E-state index in [0.717, 1.165) is 24.8 Å². The van der Waals surface area contributed by atoms with Crippen LogP contribution in [0, 0.1) is 12.3 Å². The van der Waals surface area contributed by atoms with Gasteiger partial charge in [0.1, 0.15) is 0 Å². The summed E-state index contributed by atoms with van der Waals surface area (Å²) in [7, 11) is 1.55. The van der Waals surface area contributed by atoms with Gasteiger partial charge in [0.2, 0.25) is 5.91 Å². The van der Waals surface area contributed by atoms with Crippen LogP contribution in [0.5, 0.6) is 11.5 Å². The molecule has 0 fully saturated rings. The topological polar surface area (TPSA) is 99.9 Å². The van der Waals surface area contributed by atoms with Crippen LogP contribution < -0.4 is 20.7 Å². The molecular weight excluding hydrogens is 384 g/mol. The molecule has 0 saturated carbocycles. The number of ether oxygens (including phenoxy) is 2. The van der Waals surface area contributed by atoms with Gasteiger partial charge in [0.25, 0.3) is 0 Å². The zero-order valence-corrected chi connectivity index (χ0v) is 16.7. The molecule has 7 nitrogen and oxygen atoms in total. The number of nitrogens with one attached hydrogen (secondary N) is 1. The number of para-hydroxylation sites is 1. The fourth-order valence-electron chi connectivity index (χ4n) is 2.60. The van der Waals surface area contributed by atoms with Crippen molar-refractivity contribution in [3.8, 4) is 23.8 Å². The second kappa shape index (κ2) is 11.9. The summed E-state index contributed by atoms with van der Waals surface area (Å²) in [5.41, 5.74) is 1.21. The van der Waals surface area contributed by atoms with Crippen molar-refractivity contribution in [2.45, 2.75) is 19.3 Å². The van der Waals surface area contributed by atoms with Gasteiger partial charge < -0.3 is 19.6 Å². The number of unbranched alkanes of at least 4 members (excludes halogenated alkanes) is 2. The Hall–Kier alpha value is -3.76. The summed E-state index contributed by atoms with van der Waals surface area (Å²) >= 11 is 0. The van der Waals surface area contributed by atoms with Gasteiger partial charge in [0.05, 0.1) is 25.0 Å². The van der Waals surface area contributed by atoms with Gasteiger partial charge in [-0.1, -0.05) is 18.2 Å². The van der Waals surface area contributed by atoms with E-state index in [1.165, 1.54) is 12.1 Å². The zero-order valence-electron chi connectivity index (χ0n) is 16.7. The Morgan fingerprint density at radius 2 is 1.97 bits per heavy atom. The third-order valence-electron chi connectivity index (χ3n) is 4.10. The molecule has 2 rings (SSSR count). The summed E-state index contributed by atoms with van der Waals surface area (Å²) in [4.78, 5) is 28.1.